The van der Waals surface area contributed by atoms with Gasteiger partial charge in [-0.25, -0.2) is 0 Å². The van der Waals surface area contributed by atoms with Gasteiger partial charge in [0.1, 0.15) is 9.07 Å². The topological polar surface area (TPSA) is 56.8 Å². The molecule has 2 saturated heterocycles. The van der Waals surface area contributed by atoms with Crippen molar-refractivity contribution < 1.29 is 9.59 Å². The second kappa shape index (κ2) is 7.38. The highest BCUT2D eigenvalue weighted by Gasteiger charge is 2.78. The summed E-state index contributed by atoms with van der Waals surface area (Å²) in [6.07, 6.45) is 5.08. The summed E-state index contributed by atoms with van der Waals surface area (Å²) in [5, 5.41) is 0.517. The van der Waals surface area contributed by atoms with Crippen LogP contribution in [0, 0.1) is 0 Å². The normalized spacial score (nSPS) is 29.6. The van der Waals surface area contributed by atoms with Gasteiger partial charge in [-0.3, -0.25) is 24.4 Å². The molecular weight excluding hydrogens is 464 g/mol. The molecule has 1 aromatic carbocycles. The average Bonchev–Trinajstić information content (AvgIpc) is 3.28. The fraction of sp³-hybridized carbons (Fsp3) is 0.304. The zero-order valence-corrected chi connectivity index (χ0v) is 20.0. The number of rotatable bonds is 3. The van der Waals surface area contributed by atoms with Crippen molar-refractivity contribution in [2.45, 2.75) is 16.2 Å². The molecule has 32 heavy (non-hydrogen) atoms. The average molecular weight is 485 g/mol. The summed E-state index contributed by atoms with van der Waals surface area (Å²) >= 11 is 13.4. The minimum Gasteiger partial charge on any atom is -0.313 e. The second-order valence-electron chi connectivity index (χ2n) is 8.26. The Kier molecular flexibility index (Phi) is 4.98. The lowest BCUT2D eigenvalue weighted by Gasteiger charge is -2.42. The Morgan fingerprint density at radius 1 is 1.25 bits per heavy atom. The number of likely N-dealkylation sites (tertiary alicyclic amines) is 1. The lowest BCUT2D eigenvalue weighted by Crippen LogP contribution is -2.62. The largest absolute Gasteiger partial charge is 0.313 e. The fourth-order valence-corrected chi connectivity index (χ4v) is 7.87. The number of anilines is 1. The van der Waals surface area contributed by atoms with Crippen LogP contribution in [0.5, 0.6) is 0 Å². The molecule has 2 aromatic rings. The van der Waals surface area contributed by atoms with E-state index in [0.717, 1.165) is 16.8 Å². The Morgan fingerprint density at radius 3 is 2.66 bits per heavy atom. The van der Waals surface area contributed by atoms with Gasteiger partial charge in [0.15, 0.2) is 5.54 Å². The number of likely N-dealkylation sites (N-methyl/N-ethyl adjacent to an activating group) is 2. The van der Waals surface area contributed by atoms with Crippen LogP contribution in [-0.4, -0.2) is 62.9 Å². The number of carbonyl (C=O) groups excluding carboxylic acids is 2. The molecule has 3 aliphatic heterocycles. The Hall–Kier alpha value is -2.26. The Labute approximate surface area is 201 Å². The van der Waals surface area contributed by atoms with E-state index in [0.29, 0.717) is 22.4 Å². The van der Waals surface area contributed by atoms with Crippen molar-refractivity contribution in [3.05, 3.63) is 71.5 Å². The van der Waals surface area contributed by atoms with Crippen molar-refractivity contribution in [3.63, 3.8) is 0 Å². The third-order valence-corrected chi connectivity index (χ3v) is 9.01. The molecule has 0 radical (unpaired) electrons. The predicted octanol–water partition coefficient (Wildman–Crippen LogP) is 3.42. The first kappa shape index (κ1) is 21.6. The minimum atomic E-state index is -1.25. The molecule has 2 fully saturated rings. The third kappa shape index (κ3) is 2.46. The molecule has 9 heteroatoms. The molecule has 2 spiro atoms. The van der Waals surface area contributed by atoms with Crippen molar-refractivity contribution in [1.82, 2.24) is 14.8 Å². The predicted molar refractivity (Wildman–Crippen MR) is 131 cm³/mol. The first-order chi connectivity index (χ1) is 15.3. The van der Waals surface area contributed by atoms with Crippen molar-refractivity contribution >= 4 is 57.4 Å². The SMILES string of the molecule is C=CCN1C(=O)[C@]2(SC1=S)[C@H](c1ccncc1)CN(C)[C@@]21C(=O)N(C)c2ccc(Cl)cc21. The van der Waals surface area contributed by atoms with E-state index in [2.05, 4.69) is 11.6 Å². The number of aromatic nitrogens is 1. The van der Waals surface area contributed by atoms with Gasteiger partial charge in [-0.1, -0.05) is 41.7 Å². The van der Waals surface area contributed by atoms with Crippen LogP contribution in [0.25, 0.3) is 0 Å². The molecule has 0 unspecified atom stereocenters. The molecule has 2 amide bonds. The Morgan fingerprint density at radius 2 is 1.97 bits per heavy atom. The summed E-state index contributed by atoms with van der Waals surface area (Å²) in [4.78, 5) is 37.8. The van der Waals surface area contributed by atoms with Gasteiger partial charge in [0.2, 0.25) is 5.91 Å². The molecule has 164 valence electrons. The lowest BCUT2D eigenvalue weighted by atomic mass is 9.72. The Bertz CT molecular complexity index is 1180. The van der Waals surface area contributed by atoms with Gasteiger partial charge in [0.05, 0.1) is 0 Å². The number of nitrogens with zero attached hydrogens (tertiary/aromatic N) is 4. The number of amides is 2. The van der Waals surface area contributed by atoms with Crippen LogP contribution >= 0.6 is 35.6 Å². The van der Waals surface area contributed by atoms with Crippen molar-refractivity contribution in [1.29, 1.82) is 0 Å². The number of fused-ring (bicyclic) bond motifs is 3. The molecule has 4 heterocycles. The van der Waals surface area contributed by atoms with Gasteiger partial charge in [-0.05, 0) is 42.9 Å². The zero-order chi connectivity index (χ0) is 22.8. The fourth-order valence-electron chi connectivity index (χ4n) is 5.55. The van der Waals surface area contributed by atoms with Gasteiger partial charge in [-0.2, -0.15) is 0 Å². The van der Waals surface area contributed by atoms with Gasteiger partial charge in [0, 0.05) is 54.7 Å². The van der Waals surface area contributed by atoms with E-state index in [1.54, 1.807) is 41.4 Å². The van der Waals surface area contributed by atoms with Crippen LogP contribution in [0.1, 0.15) is 17.0 Å². The number of thioether (sulfide) groups is 1. The van der Waals surface area contributed by atoms with Gasteiger partial charge in [0.25, 0.3) is 5.91 Å². The molecule has 1 aromatic heterocycles. The van der Waals surface area contributed by atoms with Crippen molar-refractivity contribution in [3.8, 4) is 0 Å². The summed E-state index contributed by atoms with van der Waals surface area (Å²) in [6.45, 7) is 4.58. The zero-order valence-electron chi connectivity index (χ0n) is 17.6. The third-order valence-electron chi connectivity index (χ3n) is 6.83. The van der Waals surface area contributed by atoms with Gasteiger partial charge in [-0.15, -0.1) is 6.58 Å². The van der Waals surface area contributed by atoms with E-state index in [-0.39, 0.29) is 17.7 Å². The highest BCUT2D eigenvalue weighted by Crippen LogP contribution is 2.66. The van der Waals surface area contributed by atoms with Gasteiger partial charge < -0.3 is 4.90 Å². The summed E-state index contributed by atoms with van der Waals surface area (Å²) in [6, 6.07) is 9.25. The molecular formula is C23H21ClN4O2S2. The van der Waals surface area contributed by atoms with Gasteiger partial charge >= 0.3 is 0 Å². The van der Waals surface area contributed by atoms with Crippen LogP contribution in [0.4, 0.5) is 5.69 Å². The maximum Gasteiger partial charge on any atom is 0.254 e. The molecule has 5 rings (SSSR count). The maximum atomic E-state index is 14.3. The van der Waals surface area contributed by atoms with Crippen LogP contribution < -0.4 is 4.90 Å². The number of hydrogen-bond donors (Lipinski definition) is 0. The van der Waals surface area contributed by atoms with E-state index in [1.165, 1.54) is 11.8 Å². The number of carbonyl (C=O) groups is 2. The monoisotopic (exact) mass is 484 g/mol. The molecule has 3 atom stereocenters. The lowest BCUT2D eigenvalue weighted by molar-refractivity contribution is -0.138. The maximum absolute atomic E-state index is 14.3. The van der Waals surface area contributed by atoms with Crippen LogP contribution in [-0.2, 0) is 15.1 Å². The molecule has 0 N–H and O–H groups in total. The molecule has 0 saturated carbocycles. The van der Waals surface area contributed by atoms with Crippen LogP contribution in [0.3, 0.4) is 0 Å². The molecule has 0 bridgehead atoms. The number of pyridine rings is 1. The van der Waals surface area contributed by atoms with E-state index >= 15 is 0 Å². The summed E-state index contributed by atoms with van der Waals surface area (Å²) in [7, 11) is 3.65. The van der Waals surface area contributed by atoms with Crippen LogP contribution in [0.15, 0.2) is 55.4 Å². The number of benzene rings is 1. The Balaban J connectivity index is 1.85. The minimum absolute atomic E-state index is 0.155. The molecule has 3 aliphatic rings. The first-order valence-corrected chi connectivity index (χ1v) is 11.8. The summed E-state index contributed by atoms with van der Waals surface area (Å²) in [5.41, 5.74) is 1.18. The first-order valence-electron chi connectivity index (χ1n) is 10.2. The van der Waals surface area contributed by atoms with E-state index in [9.17, 15) is 9.59 Å². The molecule has 0 aliphatic carbocycles. The highest BCUT2D eigenvalue weighted by molar-refractivity contribution is 8.25. The quantitative estimate of drug-likeness (QED) is 0.491. The standard InChI is InChI=1S/C23H21ClN4O2S2/c1-4-11-28-20(30)23(32-21(28)31)17(14-7-9-25-10-8-14)13-26(2)22(23)16-12-15(24)5-6-18(16)27(3)19(22)29/h4-10,12,17H,1,11,13H2,2-3H3/t17-,22-,23+/m0/s1. The van der Waals surface area contributed by atoms with Crippen LogP contribution in [0.2, 0.25) is 5.02 Å². The van der Waals surface area contributed by atoms with Crippen molar-refractivity contribution in [2.24, 2.45) is 0 Å². The summed E-state index contributed by atoms with van der Waals surface area (Å²) < 4.78 is -0.737. The van der Waals surface area contributed by atoms with E-state index < -0.39 is 10.3 Å². The second-order valence-corrected chi connectivity index (χ2v) is 10.6. The smallest absolute Gasteiger partial charge is 0.254 e. The molecule has 6 nitrogen and oxygen atoms in total. The van der Waals surface area contributed by atoms with Crippen molar-refractivity contribution in [2.75, 3.05) is 32.1 Å². The summed E-state index contributed by atoms with van der Waals surface area (Å²) in [5.74, 6) is -0.617. The number of halogens is 1. The van der Waals surface area contributed by atoms with E-state index in [1.807, 2.05) is 36.2 Å². The van der Waals surface area contributed by atoms with E-state index in [4.69, 9.17) is 23.8 Å². The highest BCUT2D eigenvalue weighted by atomic mass is 35.5. The number of thiocarbonyl (C=S) groups is 1. The number of hydrogen-bond acceptors (Lipinski definition) is 6.